The monoisotopic (exact) mass is 291 g/mol. The fourth-order valence-corrected chi connectivity index (χ4v) is 3.76. The normalized spacial score (nSPS) is 27.7. The summed E-state index contributed by atoms with van der Waals surface area (Å²) in [5, 5.41) is 8.21. The average Bonchev–Trinajstić information content (AvgIpc) is 2.97. The molecule has 1 saturated carbocycles. The van der Waals surface area contributed by atoms with E-state index in [1.54, 1.807) is 0 Å². The van der Waals surface area contributed by atoms with Gasteiger partial charge in [0.25, 0.3) is 0 Å². The molecular formula is C18H33N3. The fraction of sp³-hybridized carbons (Fsp3) is 0.833. The van der Waals surface area contributed by atoms with Crippen molar-refractivity contribution in [2.75, 3.05) is 13.6 Å². The van der Waals surface area contributed by atoms with Crippen molar-refractivity contribution in [3.05, 3.63) is 18.0 Å². The van der Waals surface area contributed by atoms with Crippen molar-refractivity contribution < 1.29 is 0 Å². The molecule has 4 atom stereocenters. The van der Waals surface area contributed by atoms with Gasteiger partial charge in [-0.3, -0.25) is 4.68 Å². The van der Waals surface area contributed by atoms with E-state index in [2.05, 4.69) is 50.1 Å². The Kier molecular flexibility index (Phi) is 6.28. The van der Waals surface area contributed by atoms with Crippen molar-refractivity contribution >= 4 is 0 Å². The Hall–Kier alpha value is -0.830. The van der Waals surface area contributed by atoms with Crippen LogP contribution in [0.4, 0.5) is 0 Å². The van der Waals surface area contributed by atoms with E-state index in [1.165, 1.54) is 31.4 Å². The zero-order valence-corrected chi connectivity index (χ0v) is 14.3. The smallest absolute Gasteiger partial charge is 0.0627 e. The zero-order chi connectivity index (χ0) is 15.2. The number of aromatic nitrogens is 2. The lowest BCUT2D eigenvalue weighted by atomic mass is 9.71. The fourth-order valence-electron chi connectivity index (χ4n) is 3.76. The van der Waals surface area contributed by atoms with Crippen molar-refractivity contribution in [2.24, 2.45) is 17.8 Å². The van der Waals surface area contributed by atoms with Crippen molar-refractivity contribution in [1.29, 1.82) is 0 Å². The summed E-state index contributed by atoms with van der Waals surface area (Å²) in [5.41, 5.74) is 1.29. The van der Waals surface area contributed by atoms with Gasteiger partial charge in [0, 0.05) is 12.2 Å². The second kappa shape index (κ2) is 7.98. The number of nitrogens with zero attached hydrogens (tertiary/aromatic N) is 2. The second-order valence-corrected chi connectivity index (χ2v) is 6.91. The van der Waals surface area contributed by atoms with Gasteiger partial charge in [-0.25, -0.2) is 0 Å². The molecule has 120 valence electrons. The first kappa shape index (κ1) is 16.5. The summed E-state index contributed by atoms with van der Waals surface area (Å²) in [6, 6.07) is 2.75. The maximum atomic E-state index is 4.82. The molecule has 21 heavy (non-hydrogen) atoms. The van der Waals surface area contributed by atoms with Crippen LogP contribution in [0.2, 0.25) is 0 Å². The molecule has 1 heterocycles. The molecule has 1 aliphatic carbocycles. The van der Waals surface area contributed by atoms with Crippen LogP contribution >= 0.6 is 0 Å². The Morgan fingerprint density at radius 2 is 2.14 bits per heavy atom. The maximum absolute atomic E-state index is 4.82. The molecule has 1 N–H and O–H groups in total. The highest BCUT2D eigenvalue weighted by molar-refractivity contribution is 5.02. The van der Waals surface area contributed by atoms with E-state index in [4.69, 9.17) is 5.10 Å². The van der Waals surface area contributed by atoms with Crippen molar-refractivity contribution in [3.63, 3.8) is 0 Å². The molecule has 0 aliphatic heterocycles. The zero-order valence-electron chi connectivity index (χ0n) is 14.3. The molecule has 0 bridgehead atoms. The first-order valence-corrected chi connectivity index (χ1v) is 8.86. The lowest BCUT2D eigenvalue weighted by molar-refractivity contribution is 0.172. The molecule has 3 nitrogen and oxygen atoms in total. The number of rotatable bonds is 7. The Bertz CT molecular complexity index is 412. The van der Waals surface area contributed by atoms with Gasteiger partial charge >= 0.3 is 0 Å². The minimum absolute atomic E-state index is 0.515. The quantitative estimate of drug-likeness (QED) is 0.821. The van der Waals surface area contributed by atoms with Crippen LogP contribution in [0.5, 0.6) is 0 Å². The molecule has 0 aromatic carbocycles. The van der Waals surface area contributed by atoms with Crippen LogP contribution in [-0.2, 0) is 6.42 Å². The number of nitrogens with one attached hydrogen (secondary N) is 1. The van der Waals surface area contributed by atoms with Crippen molar-refractivity contribution in [2.45, 2.75) is 65.3 Å². The van der Waals surface area contributed by atoms with Gasteiger partial charge in [-0.1, -0.05) is 26.7 Å². The van der Waals surface area contributed by atoms with Gasteiger partial charge in [0.1, 0.15) is 0 Å². The maximum Gasteiger partial charge on any atom is 0.0627 e. The van der Waals surface area contributed by atoms with Crippen LogP contribution in [0, 0.1) is 17.8 Å². The lowest BCUT2D eigenvalue weighted by Crippen LogP contribution is -2.33. The highest BCUT2D eigenvalue weighted by Gasteiger charge is 2.29. The van der Waals surface area contributed by atoms with Crippen molar-refractivity contribution in [1.82, 2.24) is 15.1 Å². The summed E-state index contributed by atoms with van der Waals surface area (Å²) < 4.78 is 2.14. The highest BCUT2D eigenvalue weighted by atomic mass is 15.3. The van der Waals surface area contributed by atoms with Crippen LogP contribution in [0.15, 0.2) is 12.3 Å². The van der Waals surface area contributed by atoms with E-state index in [0.29, 0.717) is 6.04 Å². The summed E-state index contributed by atoms with van der Waals surface area (Å²) in [6.45, 7) is 7.97. The van der Waals surface area contributed by atoms with Crippen LogP contribution in [0.3, 0.4) is 0 Å². The van der Waals surface area contributed by atoms with E-state index in [1.807, 2.05) is 0 Å². The van der Waals surface area contributed by atoms with Gasteiger partial charge < -0.3 is 5.32 Å². The topological polar surface area (TPSA) is 29.9 Å². The van der Waals surface area contributed by atoms with E-state index in [9.17, 15) is 0 Å². The van der Waals surface area contributed by atoms with Gasteiger partial charge in [-0.05, 0) is 70.0 Å². The molecule has 0 radical (unpaired) electrons. The Morgan fingerprint density at radius 3 is 2.81 bits per heavy atom. The molecule has 1 aromatic heterocycles. The van der Waals surface area contributed by atoms with E-state index < -0.39 is 0 Å². The Morgan fingerprint density at radius 1 is 1.33 bits per heavy atom. The third kappa shape index (κ3) is 4.32. The van der Waals surface area contributed by atoms with Crippen molar-refractivity contribution in [3.8, 4) is 0 Å². The van der Waals surface area contributed by atoms with Crippen LogP contribution in [-0.4, -0.2) is 23.4 Å². The summed E-state index contributed by atoms with van der Waals surface area (Å²) in [6.07, 6.45) is 9.99. The predicted molar refractivity (Wildman–Crippen MR) is 89.5 cm³/mol. The molecular weight excluding hydrogens is 258 g/mol. The molecule has 1 fully saturated rings. The molecule has 2 rings (SSSR count). The predicted octanol–water partition coefficient (Wildman–Crippen LogP) is 4.06. The molecule has 3 heteroatoms. The number of hydrogen-bond donors (Lipinski definition) is 1. The Balaban J connectivity index is 2.01. The van der Waals surface area contributed by atoms with E-state index in [0.717, 1.165) is 37.1 Å². The SMILES string of the molecule is CCC1CCC(CNC)C(Cc2ccn(C(C)CC)n2)C1. The molecule has 0 saturated heterocycles. The largest absolute Gasteiger partial charge is 0.319 e. The summed E-state index contributed by atoms with van der Waals surface area (Å²) in [4.78, 5) is 0. The third-order valence-corrected chi connectivity index (χ3v) is 5.47. The van der Waals surface area contributed by atoms with E-state index in [-0.39, 0.29) is 0 Å². The molecule has 1 aromatic rings. The van der Waals surface area contributed by atoms with Crippen LogP contribution in [0.1, 0.15) is 64.6 Å². The standard InChI is InChI=1S/C18H33N3/c1-5-14(3)21-10-9-18(20-21)12-17-11-15(6-2)7-8-16(17)13-19-4/h9-10,14-17,19H,5-8,11-13H2,1-4H3. The molecule has 1 aliphatic rings. The number of hydrogen-bond acceptors (Lipinski definition) is 2. The van der Waals surface area contributed by atoms with E-state index >= 15 is 0 Å². The molecule has 4 unspecified atom stereocenters. The van der Waals surface area contributed by atoms with Gasteiger partial charge in [0.15, 0.2) is 0 Å². The van der Waals surface area contributed by atoms with Crippen LogP contribution in [0.25, 0.3) is 0 Å². The first-order chi connectivity index (χ1) is 10.2. The third-order valence-electron chi connectivity index (χ3n) is 5.47. The molecule has 0 amide bonds. The summed E-state index contributed by atoms with van der Waals surface area (Å²) in [7, 11) is 2.08. The van der Waals surface area contributed by atoms with Gasteiger partial charge in [0.05, 0.1) is 5.69 Å². The second-order valence-electron chi connectivity index (χ2n) is 6.91. The van der Waals surface area contributed by atoms with Gasteiger partial charge in [0.2, 0.25) is 0 Å². The van der Waals surface area contributed by atoms with Gasteiger partial charge in [-0.15, -0.1) is 0 Å². The summed E-state index contributed by atoms with van der Waals surface area (Å²) >= 11 is 0. The highest BCUT2D eigenvalue weighted by Crippen LogP contribution is 2.37. The van der Waals surface area contributed by atoms with Gasteiger partial charge in [-0.2, -0.15) is 5.10 Å². The Labute approximate surface area is 130 Å². The first-order valence-electron chi connectivity index (χ1n) is 8.86. The molecule has 0 spiro atoms. The summed E-state index contributed by atoms with van der Waals surface area (Å²) in [5.74, 6) is 2.56. The minimum Gasteiger partial charge on any atom is -0.319 e. The minimum atomic E-state index is 0.515. The van der Waals surface area contributed by atoms with Crippen LogP contribution < -0.4 is 5.32 Å². The average molecular weight is 291 g/mol. The lowest BCUT2D eigenvalue weighted by Gasteiger charge is -2.35.